The maximum atomic E-state index is 13.1. The number of anilines is 1. The molecule has 0 spiro atoms. The van der Waals surface area contributed by atoms with Gasteiger partial charge in [-0.1, -0.05) is 0 Å². The highest BCUT2D eigenvalue weighted by atomic mass is 19.4. The molecular weight excluding hydrogens is 335 g/mol. The Balaban J connectivity index is 2.10. The van der Waals surface area contributed by atoms with E-state index in [1.165, 1.54) is 6.92 Å². The average Bonchev–Trinajstić information content (AvgIpc) is 2.96. The highest BCUT2D eigenvalue weighted by molar-refractivity contribution is 6.23. The summed E-state index contributed by atoms with van der Waals surface area (Å²) in [6, 6.07) is 1.17. The largest absolute Gasteiger partial charge is 0.423 e. The van der Waals surface area contributed by atoms with Crippen LogP contribution in [0.1, 0.15) is 12.5 Å². The molecule has 11 heteroatoms. The van der Waals surface area contributed by atoms with Crippen LogP contribution in [0.2, 0.25) is 0 Å². The van der Waals surface area contributed by atoms with Gasteiger partial charge in [0, 0.05) is 6.07 Å². The van der Waals surface area contributed by atoms with Gasteiger partial charge in [0.25, 0.3) is 11.6 Å². The molecule has 2 saturated heterocycles. The number of imide groups is 1. The molecule has 1 aromatic rings. The number of alkyl halides is 3. The lowest BCUT2D eigenvalue weighted by molar-refractivity contribution is -0.388. The average molecular weight is 345 g/mol. The molecule has 0 aliphatic carbocycles. The van der Waals surface area contributed by atoms with Gasteiger partial charge < -0.3 is 4.74 Å². The van der Waals surface area contributed by atoms with Crippen LogP contribution in [-0.2, 0) is 15.7 Å². The van der Waals surface area contributed by atoms with Crippen molar-refractivity contribution in [1.29, 1.82) is 0 Å². The van der Waals surface area contributed by atoms with Crippen LogP contribution >= 0.6 is 0 Å². The molecule has 3 rings (SSSR count). The topological polar surface area (TPSA) is 93.0 Å². The summed E-state index contributed by atoms with van der Waals surface area (Å²) in [5, 5.41) is 10.8. The molecule has 0 aromatic heterocycles. The Labute approximate surface area is 132 Å². The molecule has 1 unspecified atom stereocenters. The molecule has 2 aliphatic heterocycles. The number of hydrogen-bond acceptors (Lipinski definition) is 5. The van der Waals surface area contributed by atoms with Gasteiger partial charge in [-0.3, -0.25) is 19.8 Å². The molecule has 0 saturated carbocycles. The molecule has 0 radical (unpaired) electrons. The number of ether oxygens (including phenoxy) is 1. The number of amides is 3. The molecule has 128 valence electrons. The molecular formula is C13H10F3N3O5. The number of urea groups is 1. The fourth-order valence-corrected chi connectivity index (χ4v) is 2.73. The van der Waals surface area contributed by atoms with Gasteiger partial charge in [-0.2, -0.15) is 13.2 Å². The monoisotopic (exact) mass is 345 g/mol. The van der Waals surface area contributed by atoms with Crippen LogP contribution in [0.15, 0.2) is 18.2 Å². The van der Waals surface area contributed by atoms with Crippen LogP contribution < -0.4 is 4.90 Å². The van der Waals surface area contributed by atoms with Gasteiger partial charge in [-0.25, -0.2) is 9.69 Å². The minimum atomic E-state index is -5.01. The number of halogens is 3. The van der Waals surface area contributed by atoms with Crippen LogP contribution in [0.25, 0.3) is 0 Å². The Morgan fingerprint density at radius 2 is 2.00 bits per heavy atom. The Morgan fingerprint density at radius 1 is 1.33 bits per heavy atom. The first-order valence-electron chi connectivity index (χ1n) is 6.67. The molecule has 2 heterocycles. The van der Waals surface area contributed by atoms with Gasteiger partial charge >= 0.3 is 12.2 Å². The Hall–Kier alpha value is -2.69. The molecule has 2 aliphatic rings. The lowest BCUT2D eigenvalue weighted by Gasteiger charge is -2.19. The fourth-order valence-electron chi connectivity index (χ4n) is 2.73. The molecule has 2 fully saturated rings. The second-order valence-corrected chi connectivity index (χ2v) is 5.56. The first-order valence-corrected chi connectivity index (χ1v) is 6.67. The number of rotatable bonds is 2. The third-order valence-electron chi connectivity index (χ3n) is 4.03. The van der Waals surface area contributed by atoms with Crippen molar-refractivity contribution in [1.82, 2.24) is 4.90 Å². The highest BCUT2D eigenvalue weighted by Gasteiger charge is 2.58. The quantitative estimate of drug-likeness (QED) is 0.465. The summed E-state index contributed by atoms with van der Waals surface area (Å²) in [7, 11) is 0. The Morgan fingerprint density at radius 3 is 2.54 bits per heavy atom. The van der Waals surface area contributed by atoms with Crippen molar-refractivity contribution in [3.63, 3.8) is 0 Å². The molecule has 0 N–H and O–H groups in total. The van der Waals surface area contributed by atoms with E-state index in [1.807, 2.05) is 0 Å². The zero-order valence-corrected chi connectivity index (χ0v) is 12.2. The summed E-state index contributed by atoms with van der Waals surface area (Å²) >= 11 is 0. The lowest BCUT2D eigenvalue weighted by atomic mass is 10.0. The number of carbonyl (C=O) groups excluding carboxylic acids is 2. The first-order chi connectivity index (χ1) is 11.1. The third kappa shape index (κ3) is 2.12. The summed E-state index contributed by atoms with van der Waals surface area (Å²) in [6.45, 7) is 1.21. The lowest BCUT2D eigenvalue weighted by Crippen LogP contribution is -2.44. The van der Waals surface area contributed by atoms with E-state index < -0.39 is 39.8 Å². The maximum Gasteiger partial charge on any atom is 0.423 e. The van der Waals surface area contributed by atoms with E-state index in [1.54, 1.807) is 0 Å². The number of carbonyl (C=O) groups is 2. The summed E-state index contributed by atoms with van der Waals surface area (Å²) < 4.78 is 44.2. The number of nitro benzene ring substituents is 1. The fraction of sp³-hybridized carbons (Fsp3) is 0.385. The van der Waals surface area contributed by atoms with Gasteiger partial charge in [0.15, 0.2) is 0 Å². The number of fused-ring (bicyclic) bond motifs is 1. The van der Waals surface area contributed by atoms with E-state index in [0.29, 0.717) is 17.0 Å². The van der Waals surface area contributed by atoms with Crippen LogP contribution in [-0.4, -0.2) is 40.6 Å². The van der Waals surface area contributed by atoms with Crippen molar-refractivity contribution in [3.05, 3.63) is 33.9 Å². The number of benzene rings is 1. The molecule has 3 amide bonds. The second kappa shape index (κ2) is 4.90. The number of nitro groups is 1. The maximum absolute atomic E-state index is 13.1. The predicted octanol–water partition coefficient (Wildman–Crippen LogP) is 2.13. The standard InChI is InChI=1S/C13H10F3N3O5/c1-12-5-24-6-17(12)11(21)18(10(12)20)7-2-3-9(19(22)23)8(4-7)13(14,15)16/h2-4H,5-6H2,1H3. The van der Waals surface area contributed by atoms with Crippen molar-refractivity contribution >= 4 is 23.3 Å². The predicted molar refractivity (Wildman–Crippen MR) is 72.0 cm³/mol. The van der Waals surface area contributed by atoms with Crippen molar-refractivity contribution in [2.75, 3.05) is 18.2 Å². The van der Waals surface area contributed by atoms with E-state index in [-0.39, 0.29) is 19.0 Å². The van der Waals surface area contributed by atoms with E-state index in [0.717, 1.165) is 11.0 Å². The van der Waals surface area contributed by atoms with Crippen LogP contribution in [0, 0.1) is 10.1 Å². The van der Waals surface area contributed by atoms with Crippen LogP contribution in [0.4, 0.5) is 29.3 Å². The van der Waals surface area contributed by atoms with Crippen LogP contribution in [0.5, 0.6) is 0 Å². The molecule has 1 aromatic carbocycles. The Kier molecular flexibility index (Phi) is 3.30. The van der Waals surface area contributed by atoms with E-state index in [9.17, 15) is 32.9 Å². The van der Waals surface area contributed by atoms with Crippen molar-refractivity contribution in [3.8, 4) is 0 Å². The van der Waals surface area contributed by atoms with Gasteiger partial charge in [-0.15, -0.1) is 0 Å². The highest BCUT2D eigenvalue weighted by Crippen LogP contribution is 2.41. The zero-order chi connectivity index (χ0) is 17.9. The van der Waals surface area contributed by atoms with Gasteiger partial charge in [0.05, 0.1) is 17.2 Å². The Bertz CT molecular complexity index is 766. The van der Waals surface area contributed by atoms with Crippen LogP contribution in [0.3, 0.4) is 0 Å². The second-order valence-electron chi connectivity index (χ2n) is 5.56. The molecule has 0 bridgehead atoms. The normalized spacial score (nSPS) is 23.8. The van der Waals surface area contributed by atoms with E-state index >= 15 is 0 Å². The summed E-state index contributed by atoms with van der Waals surface area (Å²) in [6.07, 6.45) is -5.01. The van der Waals surface area contributed by atoms with Gasteiger partial charge in [-0.05, 0) is 19.1 Å². The van der Waals surface area contributed by atoms with Crippen molar-refractivity contribution < 1.29 is 32.4 Å². The smallest absolute Gasteiger partial charge is 0.358 e. The third-order valence-corrected chi connectivity index (χ3v) is 4.03. The number of nitrogens with zero attached hydrogens (tertiary/aromatic N) is 3. The minimum absolute atomic E-state index is 0.0762. The van der Waals surface area contributed by atoms with Crippen molar-refractivity contribution in [2.45, 2.75) is 18.6 Å². The summed E-state index contributed by atoms with van der Waals surface area (Å²) in [5.41, 5.74) is -4.35. The molecule has 1 atom stereocenters. The summed E-state index contributed by atoms with van der Waals surface area (Å²) in [4.78, 5) is 36.1. The first kappa shape index (κ1) is 16.2. The van der Waals surface area contributed by atoms with Gasteiger partial charge in [0.2, 0.25) is 0 Å². The van der Waals surface area contributed by atoms with E-state index in [2.05, 4.69) is 0 Å². The summed E-state index contributed by atoms with van der Waals surface area (Å²) in [5.74, 6) is -0.744. The van der Waals surface area contributed by atoms with Gasteiger partial charge in [0.1, 0.15) is 17.8 Å². The number of hydrogen-bond donors (Lipinski definition) is 0. The van der Waals surface area contributed by atoms with E-state index in [4.69, 9.17) is 4.74 Å². The molecule has 8 nitrogen and oxygen atoms in total. The minimum Gasteiger partial charge on any atom is -0.358 e. The van der Waals surface area contributed by atoms with Crippen molar-refractivity contribution in [2.24, 2.45) is 0 Å². The molecule has 24 heavy (non-hydrogen) atoms. The SMILES string of the molecule is CC12COCN1C(=O)N(c1ccc([N+](=O)[O-])c(C(F)(F)F)c1)C2=O. The zero-order valence-electron chi connectivity index (χ0n) is 12.2.